The molecule has 28 heavy (non-hydrogen) atoms. The molecule has 7 heteroatoms. The Morgan fingerprint density at radius 1 is 1.14 bits per heavy atom. The van der Waals surface area contributed by atoms with E-state index >= 15 is 0 Å². The highest BCUT2D eigenvalue weighted by atomic mass is 35.5. The SMILES string of the molecule is Cc1nc(-c2ccccc2)c(C(=O)O[C@H](C)C(=O)Nc2cc(Cl)ccc2C)s1. The van der Waals surface area contributed by atoms with Crippen molar-refractivity contribution in [2.45, 2.75) is 26.9 Å². The van der Waals surface area contributed by atoms with Crippen molar-refractivity contribution in [3.63, 3.8) is 0 Å². The molecule has 1 atom stereocenters. The summed E-state index contributed by atoms with van der Waals surface area (Å²) >= 11 is 7.22. The fourth-order valence-corrected chi connectivity index (χ4v) is 3.58. The Morgan fingerprint density at radius 2 is 1.86 bits per heavy atom. The number of hydrogen-bond donors (Lipinski definition) is 1. The normalized spacial score (nSPS) is 11.7. The van der Waals surface area contributed by atoms with Gasteiger partial charge in [-0.2, -0.15) is 0 Å². The molecule has 0 saturated carbocycles. The van der Waals surface area contributed by atoms with Crippen molar-refractivity contribution in [1.29, 1.82) is 0 Å². The maximum absolute atomic E-state index is 12.7. The van der Waals surface area contributed by atoms with Crippen LogP contribution in [0.4, 0.5) is 5.69 Å². The zero-order valence-electron chi connectivity index (χ0n) is 15.7. The third kappa shape index (κ3) is 4.58. The quantitative estimate of drug-likeness (QED) is 0.578. The van der Waals surface area contributed by atoms with Crippen molar-refractivity contribution in [1.82, 2.24) is 4.98 Å². The first-order chi connectivity index (χ1) is 13.3. The minimum absolute atomic E-state index is 0.377. The molecule has 3 aromatic rings. The minimum atomic E-state index is -0.975. The first kappa shape index (κ1) is 20.0. The summed E-state index contributed by atoms with van der Waals surface area (Å²) in [6, 6.07) is 14.6. The number of amides is 1. The first-order valence-electron chi connectivity index (χ1n) is 8.66. The monoisotopic (exact) mass is 414 g/mol. The standard InChI is InChI=1S/C21H19ClN2O3S/c1-12-9-10-16(22)11-17(12)24-20(25)13(2)27-21(26)19-18(23-14(3)28-19)15-7-5-4-6-8-15/h4-11,13H,1-3H3,(H,24,25)/t13-/m1/s1. The zero-order chi connectivity index (χ0) is 20.3. The van der Waals surface area contributed by atoms with Crippen molar-refractivity contribution >= 4 is 40.5 Å². The molecule has 1 aromatic heterocycles. The van der Waals surface area contributed by atoms with Crippen LogP contribution in [0.1, 0.15) is 27.2 Å². The van der Waals surface area contributed by atoms with E-state index in [1.165, 1.54) is 18.3 Å². The van der Waals surface area contributed by atoms with E-state index in [9.17, 15) is 9.59 Å². The van der Waals surface area contributed by atoms with Crippen LogP contribution >= 0.6 is 22.9 Å². The van der Waals surface area contributed by atoms with Crippen LogP contribution in [0.25, 0.3) is 11.3 Å². The van der Waals surface area contributed by atoms with Crippen LogP contribution in [0.3, 0.4) is 0 Å². The first-order valence-corrected chi connectivity index (χ1v) is 9.85. The molecular weight excluding hydrogens is 396 g/mol. The number of hydrogen-bond acceptors (Lipinski definition) is 5. The van der Waals surface area contributed by atoms with Gasteiger partial charge in [0.15, 0.2) is 6.10 Å². The van der Waals surface area contributed by atoms with Gasteiger partial charge >= 0.3 is 5.97 Å². The van der Waals surface area contributed by atoms with Gasteiger partial charge in [-0.15, -0.1) is 11.3 Å². The molecule has 0 spiro atoms. The van der Waals surface area contributed by atoms with E-state index < -0.39 is 18.0 Å². The van der Waals surface area contributed by atoms with Crippen molar-refractivity contribution in [3.05, 3.63) is 69.0 Å². The topological polar surface area (TPSA) is 68.3 Å². The van der Waals surface area contributed by atoms with Gasteiger partial charge in [0.1, 0.15) is 4.88 Å². The summed E-state index contributed by atoms with van der Waals surface area (Å²) in [5.74, 6) is -1.00. The summed E-state index contributed by atoms with van der Waals surface area (Å²) in [5, 5.41) is 4.01. The molecule has 2 aromatic carbocycles. The van der Waals surface area contributed by atoms with E-state index in [0.29, 0.717) is 21.3 Å². The molecule has 1 heterocycles. The van der Waals surface area contributed by atoms with E-state index in [2.05, 4.69) is 10.3 Å². The third-order valence-electron chi connectivity index (χ3n) is 4.08. The predicted molar refractivity (Wildman–Crippen MR) is 112 cm³/mol. The largest absolute Gasteiger partial charge is 0.448 e. The average molecular weight is 415 g/mol. The van der Waals surface area contributed by atoms with Gasteiger partial charge in [-0.05, 0) is 38.5 Å². The van der Waals surface area contributed by atoms with Crippen LogP contribution in [0, 0.1) is 13.8 Å². The van der Waals surface area contributed by atoms with Crippen LogP contribution in [-0.2, 0) is 9.53 Å². The second-order valence-corrected chi connectivity index (χ2v) is 7.91. The third-order valence-corrected chi connectivity index (χ3v) is 5.26. The van der Waals surface area contributed by atoms with Gasteiger partial charge in [0, 0.05) is 16.3 Å². The van der Waals surface area contributed by atoms with Gasteiger partial charge in [0.25, 0.3) is 5.91 Å². The molecule has 1 amide bonds. The Balaban J connectivity index is 1.74. The lowest BCUT2D eigenvalue weighted by atomic mass is 10.1. The number of thiazole rings is 1. The molecule has 0 aliphatic rings. The highest BCUT2D eigenvalue weighted by Crippen LogP contribution is 2.29. The smallest absolute Gasteiger partial charge is 0.351 e. The molecule has 144 valence electrons. The second-order valence-electron chi connectivity index (χ2n) is 6.27. The number of ether oxygens (including phenoxy) is 1. The number of anilines is 1. The molecule has 1 N–H and O–H groups in total. The van der Waals surface area contributed by atoms with Crippen LogP contribution in [0.5, 0.6) is 0 Å². The summed E-state index contributed by atoms with van der Waals surface area (Å²) in [6.45, 7) is 5.21. The van der Waals surface area contributed by atoms with E-state index in [-0.39, 0.29) is 0 Å². The second kappa shape index (κ2) is 8.54. The number of benzene rings is 2. The van der Waals surface area contributed by atoms with Crippen molar-refractivity contribution in [2.24, 2.45) is 0 Å². The van der Waals surface area contributed by atoms with Gasteiger partial charge in [0.2, 0.25) is 0 Å². The molecule has 0 unspecified atom stereocenters. The van der Waals surface area contributed by atoms with Gasteiger partial charge in [-0.25, -0.2) is 9.78 Å². The number of carbonyl (C=O) groups excluding carboxylic acids is 2. The maximum Gasteiger partial charge on any atom is 0.351 e. The number of halogens is 1. The number of esters is 1. The van der Waals surface area contributed by atoms with Crippen molar-refractivity contribution < 1.29 is 14.3 Å². The minimum Gasteiger partial charge on any atom is -0.448 e. The Kier molecular flexibility index (Phi) is 6.11. The lowest BCUT2D eigenvalue weighted by Gasteiger charge is -2.15. The number of aromatic nitrogens is 1. The van der Waals surface area contributed by atoms with Crippen LogP contribution < -0.4 is 5.32 Å². The molecule has 5 nitrogen and oxygen atoms in total. The molecule has 3 rings (SSSR count). The van der Waals surface area contributed by atoms with E-state index in [1.807, 2.05) is 44.2 Å². The molecule has 0 aliphatic carbocycles. The van der Waals surface area contributed by atoms with Crippen LogP contribution in [-0.4, -0.2) is 23.0 Å². The molecule has 0 saturated heterocycles. The van der Waals surface area contributed by atoms with Gasteiger partial charge in [0.05, 0.1) is 10.7 Å². The Bertz CT molecular complexity index is 1020. The van der Waals surface area contributed by atoms with Crippen molar-refractivity contribution in [2.75, 3.05) is 5.32 Å². The summed E-state index contributed by atoms with van der Waals surface area (Å²) in [5.41, 5.74) is 2.83. The van der Waals surface area contributed by atoms with Gasteiger partial charge in [-0.1, -0.05) is 48.0 Å². The van der Waals surface area contributed by atoms with E-state index in [4.69, 9.17) is 16.3 Å². The summed E-state index contributed by atoms with van der Waals surface area (Å²) in [4.78, 5) is 30.0. The zero-order valence-corrected chi connectivity index (χ0v) is 17.2. The fourth-order valence-electron chi connectivity index (χ4n) is 2.59. The van der Waals surface area contributed by atoms with Crippen molar-refractivity contribution in [3.8, 4) is 11.3 Å². The number of carbonyl (C=O) groups is 2. The van der Waals surface area contributed by atoms with Gasteiger partial charge < -0.3 is 10.1 Å². The highest BCUT2D eigenvalue weighted by Gasteiger charge is 2.24. The Morgan fingerprint density at radius 3 is 2.57 bits per heavy atom. The van der Waals surface area contributed by atoms with E-state index in [0.717, 1.165) is 16.1 Å². The van der Waals surface area contributed by atoms with E-state index in [1.54, 1.807) is 18.2 Å². The van der Waals surface area contributed by atoms with Crippen LogP contribution in [0.2, 0.25) is 5.02 Å². The molecule has 0 fully saturated rings. The fraction of sp³-hybridized carbons (Fsp3) is 0.190. The number of rotatable bonds is 5. The lowest BCUT2D eigenvalue weighted by Crippen LogP contribution is -2.30. The Labute approximate surface area is 172 Å². The average Bonchev–Trinajstić information content (AvgIpc) is 3.07. The predicted octanol–water partition coefficient (Wildman–Crippen LogP) is 5.26. The molecule has 0 bridgehead atoms. The summed E-state index contributed by atoms with van der Waals surface area (Å²) in [6.07, 6.45) is -0.975. The molecule has 0 aliphatic heterocycles. The number of nitrogens with zero attached hydrogens (tertiary/aromatic N) is 1. The lowest BCUT2D eigenvalue weighted by molar-refractivity contribution is -0.123. The number of aryl methyl sites for hydroxylation is 2. The maximum atomic E-state index is 12.7. The summed E-state index contributed by atoms with van der Waals surface area (Å²) < 4.78 is 5.40. The summed E-state index contributed by atoms with van der Waals surface area (Å²) in [7, 11) is 0. The Hall–Kier alpha value is -2.70. The highest BCUT2D eigenvalue weighted by molar-refractivity contribution is 7.14. The number of nitrogens with one attached hydrogen (secondary N) is 1. The van der Waals surface area contributed by atoms with Gasteiger partial charge in [-0.3, -0.25) is 4.79 Å². The van der Waals surface area contributed by atoms with Crippen LogP contribution in [0.15, 0.2) is 48.5 Å². The molecular formula is C21H19ClN2O3S. The molecule has 0 radical (unpaired) electrons.